The second-order valence-electron chi connectivity index (χ2n) is 7.73. The highest BCUT2D eigenvalue weighted by Crippen LogP contribution is 2.27. The number of hydrogen-bond donors (Lipinski definition) is 1. The van der Waals surface area contributed by atoms with Gasteiger partial charge in [-0.25, -0.2) is 8.42 Å². The van der Waals surface area contributed by atoms with Crippen LogP contribution < -0.4 is 5.32 Å². The van der Waals surface area contributed by atoms with E-state index in [0.717, 1.165) is 16.7 Å². The lowest BCUT2D eigenvalue weighted by atomic mass is 9.96. The molecule has 0 spiro atoms. The molecule has 0 bridgehead atoms. The highest BCUT2D eigenvalue weighted by Gasteiger charge is 2.33. The summed E-state index contributed by atoms with van der Waals surface area (Å²) in [6, 6.07) is 12.6. The molecule has 1 aliphatic heterocycles. The monoisotopic (exact) mass is 434 g/mol. The van der Waals surface area contributed by atoms with Gasteiger partial charge in [0.15, 0.2) is 0 Å². The van der Waals surface area contributed by atoms with Crippen molar-refractivity contribution in [2.75, 3.05) is 13.1 Å². The summed E-state index contributed by atoms with van der Waals surface area (Å²) in [6.45, 7) is 6.37. The van der Waals surface area contributed by atoms with E-state index in [1.54, 1.807) is 12.1 Å². The van der Waals surface area contributed by atoms with Crippen molar-refractivity contribution in [3.05, 3.63) is 64.2 Å². The number of nitrogens with one attached hydrogen (secondary N) is 1. The minimum atomic E-state index is -3.54. The lowest BCUT2D eigenvalue weighted by Crippen LogP contribution is -2.43. The first-order chi connectivity index (χ1) is 13.7. The van der Waals surface area contributed by atoms with Gasteiger partial charge in [0.05, 0.1) is 10.9 Å². The fourth-order valence-corrected chi connectivity index (χ4v) is 5.65. The van der Waals surface area contributed by atoms with E-state index < -0.39 is 10.0 Å². The average Bonchev–Trinajstić information content (AvgIpc) is 2.67. The Labute approximate surface area is 178 Å². The first-order valence-electron chi connectivity index (χ1n) is 9.81. The van der Waals surface area contributed by atoms with Gasteiger partial charge in [0.2, 0.25) is 15.9 Å². The average molecular weight is 435 g/mol. The van der Waals surface area contributed by atoms with E-state index in [9.17, 15) is 13.2 Å². The van der Waals surface area contributed by atoms with Crippen LogP contribution in [0.2, 0.25) is 5.02 Å². The van der Waals surface area contributed by atoms with Crippen LogP contribution in [0.4, 0.5) is 0 Å². The zero-order valence-corrected chi connectivity index (χ0v) is 18.6. The second kappa shape index (κ2) is 8.86. The lowest BCUT2D eigenvalue weighted by Gasteiger charge is -2.31. The van der Waals surface area contributed by atoms with Crippen LogP contribution in [0.15, 0.2) is 47.4 Å². The number of sulfonamides is 1. The number of hydrogen-bond acceptors (Lipinski definition) is 3. The molecule has 1 amide bonds. The molecule has 0 aliphatic carbocycles. The molecule has 29 heavy (non-hydrogen) atoms. The molecule has 5 nitrogen and oxygen atoms in total. The third-order valence-electron chi connectivity index (χ3n) is 5.48. The molecule has 0 radical (unpaired) electrons. The molecular formula is C22H27ClN2O3S. The normalized spacial score (nSPS) is 17.1. The van der Waals surface area contributed by atoms with Gasteiger partial charge in [-0.15, -0.1) is 0 Å². The van der Waals surface area contributed by atoms with E-state index in [0.29, 0.717) is 35.8 Å². The van der Waals surface area contributed by atoms with Crippen LogP contribution in [0.5, 0.6) is 0 Å². The van der Waals surface area contributed by atoms with Crippen LogP contribution in [0.3, 0.4) is 0 Å². The van der Waals surface area contributed by atoms with Crippen molar-refractivity contribution in [2.45, 2.75) is 44.6 Å². The molecule has 0 aromatic heterocycles. The molecule has 1 fully saturated rings. The quantitative estimate of drug-likeness (QED) is 0.765. The fraction of sp³-hybridized carbons (Fsp3) is 0.409. The van der Waals surface area contributed by atoms with Gasteiger partial charge in [0, 0.05) is 24.0 Å². The van der Waals surface area contributed by atoms with Crippen LogP contribution in [0.25, 0.3) is 0 Å². The minimum Gasteiger partial charge on any atom is -0.349 e. The summed E-state index contributed by atoms with van der Waals surface area (Å²) in [4.78, 5) is 13.0. The number of aryl methyl sites for hydroxylation is 2. The van der Waals surface area contributed by atoms with Crippen LogP contribution in [-0.2, 0) is 14.8 Å². The predicted octanol–water partition coefficient (Wildman–Crippen LogP) is 4.23. The number of nitrogens with zero attached hydrogens (tertiary/aromatic N) is 1. The summed E-state index contributed by atoms with van der Waals surface area (Å²) in [6.07, 6.45) is 1.02. The van der Waals surface area contributed by atoms with E-state index in [1.807, 2.05) is 51.1 Å². The number of carbonyl (C=O) groups is 1. The SMILES string of the molecule is Cc1ccc(S(=O)(=O)N2CCC(C(=O)NC(C)c3cccc(Cl)c3)CC2)c(C)c1. The Morgan fingerprint density at radius 2 is 1.83 bits per heavy atom. The van der Waals surface area contributed by atoms with E-state index >= 15 is 0 Å². The molecule has 2 aromatic rings. The molecule has 156 valence electrons. The van der Waals surface area contributed by atoms with Gasteiger partial charge in [-0.05, 0) is 62.9 Å². The second-order valence-corrected chi connectivity index (χ2v) is 10.1. The van der Waals surface area contributed by atoms with Crippen LogP contribution >= 0.6 is 11.6 Å². The Hall–Kier alpha value is -1.89. The first kappa shape index (κ1) is 21.8. The maximum Gasteiger partial charge on any atom is 0.243 e. The highest BCUT2D eigenvalue weighted by molar-refractivity contribution is 7.89. The maximum atomic E-state index is 13.0. The molecule has 1 heterocycles. The number of rotatable bonds is 5. The molecule has 0 saturated carbocycles. The Balaban J connectivity index is 1.61. The Morgan fingerprint density at radius 1 is 1.14 bits per heavy atom. The lowest BCUT2D eigenvalue weighted by molar-refractivity contribution is -0.126. The van der Waals surface area contributed by atoms with Gasteiger partial charge in [-0.1, -0.05) is 41.4 Å². The number of piperidine rings is 1. The molecule has 2 aromatic carbocycles. The molecular weight excluding hydrogens is 408 g/mol. The predicted molar refractivity (Wildman–Crippen MR) is 115 cm³/mol. The molecule has 1 aliphatic rings. The molecule has 1 N–H and O–H groups in total. The van der Waals surface area contributed by atoms with Gasteiger partial charge < -0.3 is 5.32 Å². The van der Waals surface area contributed by atoms with Crippen molar-refractivity contribution >= 4 is 27.5 Å². The van der Waals surface area contributed by atoms with Crippen molar-refractivity contribution in [1.82, 2.24) is 9.62 Å². The fourth-order valence-electron chi connectivity index (χ4n) is 3.78. The molecule has 7 heteroatoms. The Bertz CT molecular complexity index is 999. The summed E-state index contributed by atoms with van der Waals surface area (Å²) in [5.41, 5.74) is 2.73. The summed E-state index contributed by atoms with van der Waals surface area (Å²) < 4.78 is 27.5. The van der Waals surface area contributed by atoms with Crippen LogP contribution in [0, 0.1) is 19.8 Å². The summed E-state index contributed by atoms with van der Waals surface area (Å²) >= 11 is 6.03. The summed E-state index contributed by atoms with van der Waals surface area (Å²) in [5.74, 6) is -0.233. The third-order valence-corrected chi connectivity index (χ3v) is 7.77. The first-order valence-corrected chi connectivity index (χ1v) is 11.6. The van der Waals surface area contributed by atoms with E-state index in [4.69, 9.17) is 11.6 Å². The standard InChI is InChI=1S/C22H27ClN2O3S/c1-15-7-8-21(16(2)13-15)29(27,28)25-11-9-18(10-12-25)22(26)24-17(3)19-5-4-6-20(23)14-19/h4-8,13-14,17-18H,9-12H2,1-3H3,(H,24,26). The molecule has 1 saturated heterocycles. The van der Waals surface area contributed by atoms with Crippen LogP contribution in [0.1, 0.15) is 42.5 Å². The van der Waals surface area contributed by atoms with Gasteiger partial charge in [-0.3, -0.25) is 4.79 Å². The number of halogens is 1. The van der Waals surface area contributed by atoms with E-state index in [1.165, 1.54) is 4.31 Å². The van der Waals surface area contributed by atoms with Crippen molar-refractivity contribution in [3.63, 3.8) is 0 Å². The highest BCUT2D eigenvalue weighted by atomic mass is 35.5. The van der Waals surface area contributed by atoms with Gasteiger partial charge >= 0.3 is 0 Å². The number of carbonyl (C=O) groups excluding carboxylic acids is 1. The van der Waals surface area contributed by atoms with Gasteiger partial charge in [0.25, 0.3) is 0 Å². The van der Waals surface area contributed by atoms with E-state index in [-0.39, 0.29) is 17.9 Å². The van der Waals surface area contributed by atoms with Gasteiger partial charge in [0.1, 0.15) is 0 Å². The molecule has 3 rings (SSSR count). The minimum absolute atomic E-state index is 0.0407. The zero-order valence-electron chi connectivity index (χ0n) is 17.0. The molecule has 1 atom stereocenters. The van der Waals surface area contributed by atoms with Crippen molar-refractivity contribution in [2.24, 2.45) is 5.92 Å². The van der Waals surface area contributed by atoms with E-state index in [2.05, 4.69) is 5.32 Å². The zero-order chi connectivity index (χ0) is 21.2. The van der Waals surface area contributed by atoms with Crippen molar-refractivity contribution in [1.29, 1.82) is 0 Å². The molecule has 1 unspecified atom stereocenters. The third kappa shape index (κ3) is 5.00. The Kier molecular flexibility index (Phi) is 6.66. The number of benzene rings is 2. The smallest absolute Gasteiger partial charge is 0.243 e. The number of amides is 1. The van der Waals surface area contributed by atoms with Crippen molar-refractivity contribution < 1.29 is 13.2 Å². The largest absolute Gasteiger partial charge is 0.349 e. The Morgan fingerprint density at radius 3 is 2.45 bits per heavy atom. The maximum absolute atomic E-state index is 13.0. The topological polar surface area (TPSA) is 66.5 Å². The summed E-state index contributed by atoms with van der Waals surface area (Å²) in [7, 11) is -3.54. The summed E-state index contributed by atoms with van der Waals surface area (Å²) in [5, 5.41) is 3.66. The van der Waals surface area contributed by atoms with Crippen LogP contribution in [-0.4, -0.2) is 31.7 Å². The van der Waals surface area contributed by atoms with Crippen molar-refractivity contribution in [3.8, 4) is 0 Å². The van der Waals surface area contributed by atoms with Gasteiger partial charge in [-0.2, -0.15) is 4.31 Å².